The Labute approximate surface area is 177 Å². The quantitative estimate of drug-likeness (QED) is 0.436. The van der Waals surface area contributed by atoms with Gasteiger partial charge >= 0.3 is 0 Å². The van der Waals surface area contributed by atoms with Gasteiger partial charge in [-0.05, 0) is 36.4 Å². The van der Waals surface area contributed by atoms with Crippen LogP contribution in [0.3, 0.4) is 0 Å². The smallest absolute Gasteiger partial charge is 0.229 e. The molecule has 0 aliphatic heterocycles. The minimum Gasteiger partial charge on any atom is -0.469 e. The lowest BCUT2D eigenvalue weighted by Crippen LogP contribution is -2.20. The van der Waals surface area contributed by atoms with Crippen LogP contribution in [-0.2, 0) is 6.42 Å². The van der Waals surface area contributed by atoms with Crippen LogP contribution in [0.25, 0.3) is 17.0 Å². The molecule has 1 atom stereocenters. The molecule has 0 fully saturated rings. The predicted octanol–water partition coefficient (Wildman–Crippen LogP) is 5.00. The molecule has 7 nitrogen and oxygen atoms in total. The first-order valence-electron chi connectivity index (χ1n) is 10.2. The Bertz CT molecular complexity index is 1350. The molecular formula is C24H19N5O2. The second-order valence-electron chi connectivity index (χ2n) is 7.69. The van der Waals surface area contributed by atoms with Gasteiger partial charge in [0, 0.05) is 24.4 Å². The molecule has 1 aliphatic carbocycles. The van der Waals surface area contributed by atoms with E-state index in [-0.39, 0.29) is 11.7 Å². The third kappa shape index (κ3) is 3.02. The number of aromatic nitrogens is 4. The fraction of sp³-hybridized carbons (Fsp3) is 0.125. The van der Waals surface area contributed by atoms with Gasteiger partial charge < -0.3 is 14.7 Å². The van der Waals surface area contributed by atoms with E-state index in [9.17, 15) is 4.79 Å². The van der Waals surface area contributed by atoms with E-state index in [2.05, 4.69) is 10.3 Å². The lowest BCUT2D eigenvalue weighted by molar-refractivity contribution is 0.0960. The topological polar surface area (TPSA) is 88.7 Å². The standard InChI is InChI=1S/C24H19N5O2/c30-20-14-15(21-11-6-12-31-21)13-19-22(20)23(25-16-7-2-1-3-8-16)28-29(19)24-26-17-9-4-5-10-18(17)27-24/h1-12,15H,13-14H2,(H,25,28)(H,26,27). The Kier molecular flexibility index (Phi) is 3.99. The number of benzene rings is 2. The minimum absolute atomic E-state index is 0.0283. The Morgan fingerprint density at radius 1 is 1.00 bits per heavy atom. The molecule has 31 heavy (non-hydrogen) atoms. The van der Waals surface area contributed by atoms with Gasteiger partial charge in [0.05, 0.1) is 28.6 Å². The van der Waals surface area contributed by atoms with Gasteiger partial charge in [-0.25, -0.2) is 9.67 Å². The number of carbonyl (C=O) groups excluding carboxylic acids is 1. The van der Waals surface area contributed by atoms with Crippen LogP contribution in [-0.4, -0.2) is 25.5 Å². The molecule has 0 saturated carbocycles. The maximum absolute atomic E-state index is 13.3. The fourth-order valence-corrected chi connectivity index (χ4v) is 4.25. The summed E-state index contributed by atoms with van der Waals surface area (Å²) >= 11 is 0. The number of imidazole rings is 1. The molecule has 152 valence electrons. The molecule has 0 radical (unpaired) electrons. The summed E-state index contributed by atoms with van der Waals surface area (Å²) in [6.07, 6.45) is 2.67. The molecule has 0 amide bonds. The fourth-order valence-electron chi connectivity index (χ4n) is 4.25. The molecule has 0 spiro atoms. The Hall–Kier alpha value is -4.13. The van der Waals surface area contributed by atoms with Crippen molar-refractivity contribution in [3.05, 3.63) is 90.0 Å². The van der Waals surface area contributed by atoms with Crippen molar-refractivity contribution in [2.24, 2.45) is 0 Å². The molecule has 0 bridgehead atoms. The average molecular weight is 409 g/mol. The monoisotopic (exact) mass is 409 g/mol. The van der Waals surface area contributed by atoms with Crippen LogP contribution in [0.1, 0.15) is 34.2 Å². The number of anilines is 2. The number of nitrogens with zero attached hydrogens (tertiary/aromatic N) is 3. The van der Waals surface area contributed by atoms with Gasteiger partial charge in [-0.2, -0.15) is 0 Å². The van der Waals surface area contributed by atoms with Crippen molar-refractivity contribution < 1.29 is 9.21 Å². The molecule has 2 aromatic carbocycles. The normalized spacial score (nSPS) is 15.9. The molecule has 2 N–H and O–H groups in total. The summed E-state index contributed by atoms with van der Waals surface area (Å²) in [6.45, 7) is 0. The Morgan fingerprint density at radius 3 is 2.65 bits per heavy atom. The first kappa shape index (κ1) is 17.7. The van der Waals surface area contributed by atoms with Crippen LogP contribution in [0.2, 0.25) is 0 Å². The van der Waals surface area contributed by atoms with Crippen LogP contribution in [0, 0.1) is 0 Å². The molecular weight excluding hydrogens is 390 g/mol. The van der Waals surface area contributed by atoms with E-state index in [4.69, 9.17) is 14.5 Å². The number of rotatable bonds is 4. The van der Waals surface area contributed by atoms with E-state index in [0.717, 1.165) is 28.2 Å². The van der Waals surface area contributed by atoms with E-state index >= 15 is 0 Å². The summed E-state index contributed by atoms with van der Waals surface area (Å²) in [5.41, 5.74) is 4.09. The molecule has 6 rings (SSSR count). The first-order chi connectivity index (χ1) is 15.3. The highest BCUT2D eigenvalue weighted by Crippen LogP contribution is 2.38. The van der Waals surface area contributed by atoms with Crippen LogP contribution < -0.4 is 5.32 Å². The summed E-state index contributed by atoms with van der Waals surface area (Å²) in [6, 6.07) is 21.4. The van der Waals surface area contributed by atoms with E-state index < -0.39 is 0 Å². The first-order valence-corrected chi connectivity index (χ1v) is 10.2. The molecule has 0 saturated heterocycles. The molecule has 1 unspecified atom stereocenters. The number of H-pyrrole nitrogens is 1. The molecule has 1 aliphatic rings. The third-order valence-corrected chi connectivity index (χ3v) is 5.69. The lowest BCUT2D eigenvalue weighted by atomic mass is 9.85. The zero-order valence-electron chi connectivity index (χ0n) is 16.6. The van der Waals surface area contributed by atoms with Crippen molar-refractivity contribution >= 4 is 28.3 Å². The van der Waals surface area contributed by atoms with E-state index in [0.29, 0.717) is 30.2 Å². The number of ketones is 1. The number of fused-ring (bicyclic) bond motifs is 2. The highest BCUT2D eigenvalue weighted by Gasteiger charge is 2.35. The minimum atomic E-state index is -0.0283. The average Bonchev–Trinajstić information content (AvgIpc) is 3.53. The van der Waals surface area contributed by atoms with Crippen molar-refractivity contribution in [2.75, 3.05) is 5.32 Å². The second-order valence-corrected chi connectivity index (χ2v) is 7.69. The molecule has 7 heteroatoms. The highest BCUT2D eigenvalue weighted by molar-refractivity contribution is 6.03. The zero-order chi connectivity index (χ0) is 20.8. The van der Waals surface area contributed by atoms with Crippen LogP contribution in [0.15, 0.2) is 77.4 Å². The third-order valence-electron chi connectivity index (χ3n) is 5.69. The zero-order valence-corrected chi connectivity index (χ0v) is 16.6. The van der Waals surface area contributed by atoms with Gasteiger partial charge in [-0.3, -0.25) is 4.79 Å². The molecule has 3 heterocycles. The maximum Gasteiger partial charge on any atom is 0.229 e. The number of hydrogen-bond donors (Lipinski definition) is 2. The summed E-state index contributed by atoms with van der Waals surface area (Å²) in [7, 11) is 0. The molecule has 3 aromatic heterocycles. The molecule has 5 aromatic rings. The lowest BCUT2D eigenvalue weighted by Gasteiger charge is -2.20. The van der Waals surface area contributed by atoms with Gasteiger partial charge in [0.25, 0.3) is 0 Å². The number of nitrogens with one attached hydrogen (secondary N) is 2. The van der Waals surface area contributed by atoms with Crippen molar-refractivity contribution in [2.45, 2.75) is 18.8 Å². The highest BCUT2D eigenvalue weighted by atomic mass is 16.3. The van der Waals surface area contributed by atoms with Crippen LogP contribution >= 0.6 is 0 Å². The van der Waals surface area contributed by atoms with Crippen LogP contribution in [0.5, 0.6) is 0 Å². The summed E-state index contributed by atoms with van der Waals surface area (Å²) in [5.74, 6) is 1.97. The summed E-state index contributed by atoms with van der Waals surface area (Å²) < 4.78 is 7.37. The number of aromatic amines is 1. The summed E-state index contributed by atoms with van der Waals surface area (Å²) in [5, 5.41) is 8.10. The predicted molar refractivity (Wildman–Crippen MR) is 117 cm³/mol. The number of para-hydroxylation sites is 3. The SMILES string of the molecule is O=C1CC(c2ccco2)Cc2c1c(Nc1ccccc1)nn2-c1nc2ccccc2[nH]1. The summed E-state index contributed by atoms with van der Waals surface area (Å²) in [4.78, 5) is 21.3. The van der Waals surface area contributed by atoms with Gasteiger partial charge in [0.1, 0.15) is 5.76 Å². The number of carbonyl (C=O) groups is 1. The Balaban J connectivity index is 1.50. The maximum atomic E-state index is 13.3. The van der Waals surface area contributed by atoms with Gasteiger partial charge in [-0.1, -0.05) is 30.3 Å². The van der Waals surface area contributed by atoms with E-state index in [1.807, 2.05) is 66.7 Å². The van der Waals surface area contributed by atoms with E-state index in [1.54, 1.807) is 10.9 Å². The van der Waals surface area contributed by atoms with Crippen molar-refractivity contribution in [1.82, 2.24) is 19.7 Å². The van der Waals surface area contributed by atoms with E-state index in [1.165, 1.54) is 0 Å². The van der Waals surface area contributed by atoms with Crippen molar-refractivity contribution in [3.8, 4) is 5.95 Å². The van der Waals surface area contributed by atoms with Crippen molar-refractivity contribution in [3.63, 3.8) is 0 Å². The number of hydrogen-bond acceptors (Lipinski definition) is 5. The van der Waals surface area contributed by atoms with Gasteiger partial charge in [-0.15, -0.1) is 5.10 Å². The number of furan rings is 1. The van der Waals surface area contributed by atoms with Crippen LogP contribution in [0.4, 0.5) is 11.5 Å². The van der Waals surface area contributed by atoms with Gasteiger partial charge in [0.2, 0.25) is 5.95 Å². The number of Topliss-reactive ketones (excluding diaryl/α,β-unsaturated/α-hetero) is 1. The largest absolute Gasteiger partial charge is 0.469 e. The Morgan fingerprint density at radius 2 is 1.84 bits per heavy atom. The van der Waals surface area contributed by atoms with Gasteiger partial charge in [0.15, 0.2) is 11.6 Å². The second kappa shape index (κ2) is 6.98. The van der Waals surface area contributed by atoms with Crippen molar-refractivity contribution in [1.29, 1.82) is 0 Å².